The molecule has 0 aliphatic rings. The van der Waals surface area contributed by atoms with Crippen LogP contribution >= 0.6 is 34.7 Å². The van der Waals surface area contributed by atoms with E-state index in [1.54, 1.807) is 11.8 Å². The molecule has 31 heavy (non-hydrogen) atoms. The van der Waals surface area contributed by atoms with Crippen LogP contribution in [0.25, 0.3) is 0 Å². The van der Waals surface area contributed by atoms with E-state index in [2.05, 4.69) is 10.3 Å². The Kier molecular flexibility index (Phi) is 8.94. The van der Waals surface area contributed by atoms with Crippen LogP contribution in [0.3, 0.4) is 0 Å². The quantitative estimate of drug-likeness (QED) is 0.225. The van der Waals surface area contributed by atoms with E-state index < -0.39 is 0 Å². The third kappa shape index (κ3) is 8.36. The molecular formula is C23H23ClN2O3S2. The molecule has 0 bridgehead atoms. The molecule has 0 fully saturated rings. The number of amides is 1. The Morgan fingerprint density at radius 2 is 1.87 bits per heavy atom. The Hall–Kier alpha value is -2.35. The zero-order chi connectivity index (χ0) is 22.1. The average molecular weight is 475 g/mol. The molecule has 1 amide bonds. The van der Waals surface area contributed by atoms with Gasteiger partial charge in [-0.25, -0.2) is 4.98 Å². The second kappa shape index (κ2) is 11.9. The van der Waals surface area contributed by atoms with Crippen molar-refractivity contribution >= 4 is 52.3 Å². The number of hydrogen-bond donors (Lipinski definition) is 1. The maximum absolute atomic E-state index is 12.2. The van der Waals surface area contributed by atoms with Crippen molar-refractivity contribution in [1.29, 1.82) is 0 Å². The highest BCUT2D eigenvalue weighted by Gasteiger charge is 2.10. The minimum Gasteiger partial charge on any atom is -0.459 e. The number of esters is 1. The molecule has 1 aromatic heterocycles. The van der Waals surface area contributed by atoms with Crippen molar-refractivity contribution < 1.29 is 14.3 Å². The number of thiazole rings is 1. The molecule has 8 heteroatoms. The van der Waals surface area contributed by atoms with Crippen LogP contribution in [0.4, 0.5) is 5.69 Å². The Morgan fingerprint density at radius 3 is 2.61 bits per heavy atom. The molecule has 3 rings (SSSR count). The summed E-state index contributed by atoms with van der Waals surface area (Å²) in [6.07, 6.45) is 1.28. The number of carbonyl (C=O) groups is 2. The van der Waals surface area contributed by atoms with Gasteiger partial charge in [0.1, 0.15) is 11.6 Å². The number of halogens is 1. The van der Waals surface area contributed by atoms with Gasteiger partial charge in [0.15, 0.2) is 0 Å². The Bertz CT molecular complexity index is 1000. The molecule has 0 saturated carbocycles. The fraction of sp³-hybridized carbons (Fsp3) is 0.261. The van der Waals surface area contributed by atoms with E-state index in [9.17, 15) is 9.59 Å². The maximum atomic E-state index is 12.2. The van der Waals surface area contributed by atoms with Gasteiger partial charge in [-0.05, 0) is 55.5 Å². The van der Waals surface area contributed by atoms with Crippen molar-refractivity contribution in [2.45, 2.75) is 37.7 Å². The second-order valence-corrected chi connectivity index (χ2v) is 9.44. The number of carbonyl (C=O) groups excluding carboxylic acids is 2. The van der Waals surface area contributed by atoms with E-state index in [4.69, 9.17) is 16.3 Å². The van der Waals surface area contributed by atoms with Gasteiger partial charge in [0.05, 0.1) is 12.1 Å². The van der Waals surface area contributed by atoms with Crippen molar-refractivity contribution in [3.05, 3.63) is 75.2 Å². The van der Waals surface area contributed by atoms with Crippen LogP contribution in [0.2, 0.25) is 5.02 Å². The van der Waals surface area contributed by atoms with Crippen LogP contribution in [0.15, 0.2) is 58.8 Å². The summed E-state index contributed by atoms with van der Waals surface area (Å²) in [6.45, 7) is 2.12. The number of ether oxygens (including phenoxy) is 1. The highest BCUT2D eigenvalue weighted by molar-refractivity contribution is 7.99. The zero-order valence-electron chi connectivity index (χ0n) is 17.1. The number of benzene rings is 2. The summed E-state index contributed by atoms with van der Waals surface area (Å²) in [5.74, 6) is 0.455. The molecule has 0 atom stereocenters. The minimum absolute atomic E-state index is 0.124. The minimum atomic E-state index is -0.247. The molecular weight excluding hydrogens is 452 g/mol. The van der Waals surface area contributed by atoms with Crippen molar-refractivity contribution in [3.63, 3.8) is 0 Å². The van der Waals surface area contributed by atoms with Crippen LogP contribution in [-0.2, 0) is 27.4 Å². The lowest BCUT2D eigenvalue weighted by molar-refractivity contribution is -0.145. The fourth-order valence-electron chi connectivity index (χ4n) is 2.64. The highest BCUT2D eigenvalue weighted by Crippen LogP contribution is 2.21. The number of nitrogens with zero attached hydrogens (tertiary/aromatic N) is 1. The Labute approximate surface area is 195 Å². The van der Waals surface area contributed by atoms with Gasteiger partial charge in [0.2, 0.25) is 5.91 Å². The summed E-state index contributed by atoms with van der Waals surface area (Å²) < 4.78 is 5.30. The molecule has 2 aromatic carbocycles. The van der Waals surface area contributed by atoms with Gasteiger partial charge in [-0.2, -0.15) is 0 Å². The summed E-state index contributed by atoms with van der Waals surface area (Å²) >= 11 is 8.94. The summed E-state index contributed by atoms with van der Waals surface area (Å²) in [4.78, 5) is 29.6. The van der Waals surface area contributed by atoms with Gasteiger partial charge in [0.25, 0.3) is 0 Å². The molecule has 5 nitrogen and oxygen atoms in total. The standard InChI is InChI=1S/C23H23ClN2O3S2/c1-16-4-8-18(9-5-16)25-21(27)13-22-26-19(15-31-22)14-29-23(28)3-2-12-30-20-10-6-17(24)7-11-20/h4-11,15H,2-3,12-14H2,1H3,(H,25,27). The first-order valence-corrected chi connectivity index (χ1v) is 12.1. The topological polar surface area (TPSA) is 68.3 Å². The lowest BCUT2D eigenvalue weighted by Gasteiger charge is -2.04. The zero-order valence-corrected chi connectivity index (χ0v) is 19.5. The molecule has 0 aliphatic carbocycles. The molecule has 0 aliphatic heterocycles. The predicted octanol–water partition coefficient (Wildman–Crippen LogP) is 5.90. The number of aryl methyl sites for hydroxylation is 1. The summed E-state index contributed by atoms with van der Waals surface area (Å²) in [5, 5.41) is 6.07. The van der Waals surface area contributed by atoms with E-state index in [-0.39, 0.29) is 24.9 Å². The normalized spacial score (nSPS) is 10.6. The third-order valence-electron chi connectivity index (χ3n) is 4.24. The van der Waals surface area contributed by atoms with E-state index >= 15 is 0 Å². The van der Waals surface area contributed by atoms with Gasteiger partial charge in [0, 0.05) is 27.4 Å². The van der Waals surface area contributed by atoms with Crippen LogP contribution in [-0.4, -0.2) is 22.6 Å². The van der Waals surface area contributed by atoms with E-state index in [1.165, 1.54) is 11.3 Å². The van der Waals surface area contributed by atoms with Crippen molar-refractivity contribution in [2.24, 2.45) is 0 Å². The van der Waals surface area contributed by atoms with E-state index in [0.717, 1.165) is 28.3 Å². The highest BCUT2D eigenvalue weighted by atomic mass is 35.5. The molecule has 162 valence electrons. The van der Waals surface area contributed by atoms with Gasteiger partial charge in [-0.1, -0.05) is 29.3 Å². The number of anilines is 1. The Balaban J connectivity index is 1.33. The van der Waals surface area contributed by atoms with Gasteiger partial charge < -0.3 is 10.1 Å². The number of rotatable bonds is 10. The van der Waals surface area contributed by atoms with E-state index in [1.807, 2.05) is 60.8 Å². The summed E-state index contributed by atoms with van der Waals surface area (Å²) in [5.41, 5.74) is 2.56. The lowest BCUT2D eigenvalue weighted by Crippen LogP contribution is -2.14. The Morgan fingerprint density at radius 1 is 1.13 bits per heavy atom. The first-order valence-electron chi connectivity index (χ1n) is 9.82. The SMILES string of the molecule is Cc1ccc(NC(=O)Cc2nc(COC(=O)CCCSc3ccc(Cl)cc3)cs2)cc1. The van der Waals surface area contributed by atoms with Crippen LogP contribution in [0.5, 0.6) is 0 Å². The first kappa shape index (κ1) is 23.3. The first-order chi connectivity index (χ1) is 15.0. The molecule has 3 aromatic rings. The number of nitrogens with one attached hydrogen (secondary N) is 1. The molecule has 0 unspecified atom stereocenters. The van der Waals surface area contributed by atoms with Gasteiger partial charge in [-0.3, -0.25) is 9.59 Å². The predicted molar refractivity (Wildman–Crippen MR) is 127 cm³/mol. The van der Waals surface area contributed by atoms with Crippen molar-refractivity contribution in [1.82, 2.24) is 4.98 Å². The molecule has 0 saturated heterocycles. The van der Waals surface area contributed by atoms with Crippen LogP contribution < -0.4 is 5.32 Å². The number of thioether (sulfide) groups is 1. The number of hydrogen-bond acceptors (Lipinski definition) is 6. The van der Waals surface area contributed by atoms with Gasteiger partial charge >= 0.3 is 5.97 Å². The lowest BCUT2D eigenvalue weighted by atomic mass is 10.2. The molecule has 0 radical (unpaired) electrons. The molecule has 1 heterocycles. The number of aromatic nitrogens is 1. The second-order valence-electron chi connectivity index (χ2n) is 6.89. The van der Waals surface area contributed by atoms with Crippen molar-refractivity contribution in [3.8, 4) is 0 Å². The maximum Gasteiger partial charge on any atom is 0.306 e. The van der Waals surface area contributed by atoms with Crippen LogP contribution in [0.1, 0.15) is 29.1 Å². The smallest absolute Gasteiger partial charge is 0.306 e. The monoisotopic (exact) mass is 474 g/mol. The van der Waals surface area contributed by atoms with Gasteiger partial charge in [-0.15, -0.1) is 23.1 Å². The molecule has 0 spiro atoms. The molecule has 1 N–H and O–H groups in total. The van der Waals surface area contributed by atoms with Crippen molar-refractivity contribution in [2.75, 3.05) is 11.1 Å². The summed E-state index contributed by atoms with van der Waals surface area (Å²) in [6, 6.07) is 15.3. The summed E-state index contributed by atoms with van der Waals surface area (Å²) in [7, 11) is 0. The van der Waals surface area contributed by atoms with Crippen LogP contribution in [0, 0.1) is 6.92 Å². The fourth-order valence-corrected chi connectivity index (χ4v) is 4.40. The third-order valence-corrected chi connectivity index (χ3v) is 6.48. The average Bonchev–Trinajstić information content (AvgIpc) is 3.20. The van der Waals surface area contributed by atoms with E-state index in [0.29, 0.717) is 22.1 Å². The largest absolute Gasteiger partial charge is 0.459 e.